The number of nitrogens with one attached hydrogen (secondary N) is 1. The molecule has 1 amide bonds. The molecule has 3 aromatic carbocycles. The first-order valence-electron chi connectivity index (χ1n) is 11.0. The smallest absolute Gasteiger partial charge is 0.244 e. The molecular weight excluding hydrogens is 434 g/mol. The van der Waals surface area contributed by atoms with E-state index in [0.717, 1.165) is 22.4 Å². The number of amides is 1. The van der Waals surface area contributed by atoms with E-state index in [1.54, 1.807) is 26.4 Å². The standard InChI is InChI=1S/C26H25N3O5/c1-31-21-9-7-17(13-23(21)32-2)14-25-28-19-5-3-4-6-20(19)29(25)16-26(30)27-18-8-10-22-24(15-18)34-12-11-33-22/h3-10,13,15H,11-12,14,16H2,1-2H3,(H,27,30). The van der Waals surface area contributed by atoms with E-state index in [2.05, 4.69) is 5.32 Å². The number of rotatable bonds is 7. The molecular formula is C26H25N3O5. The number of imidazole rings is 1. The molecule has 1 N–H and O–H groups in total. The van der Waals surface area contributed by atoms with Gasteiger partial charge in [-0.05, 0) is 42.0 Å². The minimum Gasteiger partial charge on any atom is -0.493 e. The van der Waals surface area contributed by atoms with Crippen LogP contribution in [0.2, 0.25) is 0 Å². The first-order chi connectivity index (χ1) is 16.6. The minimum absolute atomic E-state index is 0.123. The van der Waals surface area contributed by atoms with E-state index in [0.29, 0.717) is 48.3 Å². The summed E-state index contributed by atoms with van der Waals surface area (Å²) >= 11 is 0. The van der Waals surface area contributed by atoms with Crippen molar-refractivity contribution in [2.24, 2.45) is 0 Å². The highest BCUT2D eigenvalue weighted by Gasteiger charge is 2.17. The molecule has 0 radical (unpaired) electrons. The van der Waals surface area contributed by atoms with E-state index < -0.39 is 0 Å². The van der Waals surface area contributed by atoms with Gasteiger partial charge in [-0.25, -0.2) is 4.98 Å². The van der Waals surface area contributed by atoms with Crippen molar-refractivity contribution in [3.63, 3.8) is 0 Å². The van der Waals surface area contributed by atoms with E-state index >= 15 is 0 Å². The molecule has 0 bridgehead atoms. The molecule has 0 fully saturated rings. The maximum atomic E-state index is 13.0. The summed E-state index contributed by atoms with van der Waals surface area (Å²) in [6.07, 6.45) is 0.534. The number of carbonyl (C=O) groups is 1. The number of methoxy groups -OCH3 is 2. The first-order valence-corrected chi connectivity index (χ1v) is 11.0. The zero-order chi connectivity index (χ0) is 23.5. The first kappa shape index (κ1) is 21.6. The quantitative estimate of drug-likeness (QED) is 0.449. The van der Waals surface area contributed by atoms with Gasteiger partial charge in [0.1, 0.15) is 25.6 Å². The SMILES string of the molecule is COc1ccc(Cc2nc3ccccc3n2CC(=O)Nc2ccc3c(c2)OCCO3)cc1OC. The zero-order valence-corrected chi connectivity index (χ0v) is 19.0. The molecule has 2 heterocycles. The van der Waals surface area contributed by atoms with Gasteiger partial charge in [0.2, 0.25) is 5.91 Å². The summed E-state index contributed by atoms with van der Waals surface area (Å²) in [7, 11) is 3.22. The highest BCUT2D eigenvalue weighted by molar-refractivity contribution is 5.92. The molecule has 0 aliphatic carbocycles. The Bertz CT molecular complexity index is 1350. The molecule has 1 aromatic heterocycles. The van der Waals surface area contributed by atoms with Gasteiger partial charge in [0.05, 0.1) is 25.3 Å². The molecule has 1 aliphatic heterocycles. The fourth-order valence-electron chi connectivity index (χ4n) is 4.08. The van der Waals surface area contributed by atoms with Crippen LogP contribution in [0.15, 0.2) is 60.7 Å². The van der Waals surface area contributed by atoms with Crippen molar-refractivity contribution in [3.8, 4) is 23.0 Å². The fraction of sp³-hybridized carbons (Fsp3) is 0.231. The number of aromatic nitrogens is 2. The second-order valence-electron chi connectivity index (χ2n) is 7.88. The van der Waals surface area contributed by atoms with Gasteiger partial charge in [-0.3, -0.25) is 4.79 Å². The Balaban J connectivity index is 1.40. The van der Waals surface area contributed by atoms with Crippen molar-refractivity contribution < 1.29 is 23.7 Å². The monoisotopic (exact) mass is 459 g/mol. The molecule has 0 unspecified atom stereocenters. The van der Waals surface area contributed by atoms with Crippen LogP contribution in [-0.2, 0) is 17.8 Å². The number of carbonyl (C=O) groups excluding carboxylic acids is 1. The van der Waals surface area contributed by atoms with Crippen molar-refractivity contribution in [1.29, 1.82) is 0 Å². The Morgan fingerprint density at radius 3 is 2.59 bits per heavy atom. The van der Waals surface area contributed by atoms with Crippen molar-refractivity contribution in [2.75, 3.05) is 32.8 Å². The lowest BCUT2D eigenvalue weighted by Gasteiger charge is -2.19. The number of para-hydroxylation sites is 2. The van der Waals surface area contributed by atoms with Crippen molar-refractivity contribution in [1.82, 2.24) is 9.55 Å². The van der Waals surface area contributed by atoms with E-state index in [-0.39, 0.29) is 12.5 Å². The number of ether oxygens (including phenoxy) is 4. The van der Waals surface area contributed by atoms with Gasteiger partial charge in [0.15, 0.2) is 23.0 Å². The fourth-order valence-corrected chi connectivity index (χ4v) is 4.08. The van der Waals surface area contributed by atoms with Gasteiger partial charge in [-0.1, -0.05) is 18.2 Å². The van der Waals surface area contributed by atoms with Gasteiger partial charge in [-0.15, -0.1) is 0 Å². The highest BCUT2D eigenvalue weighted by atomic mass is 16.6. The Labute approximate surface area is 197 Å². The van der Waals surface area contributed by atoms with Gasteiger partial charge >= 0.3 is 0 Å². The molecule has 0 spiro atoms. The van der Waals surface area contributed by atoms with Gasteiger partial charge < -0.3 is 28.8 Å². The summed E-state index contributed by atoms with van der Waals surface area (Å²) in [6, 6.07) is 19.0. The molecule has 8 heteroatoms. The second-order valence-corrected chi connectivity index (χ2v) is 7.88. The van der Waals surface area contributed by atoms with Crippen LogP contribution in [0, 0.1) is 0 Å². The lowest BCUT2D eigenvalue weighted by Crippen LogP contribution is -2.21. The number of fused-ring (bicyclic) bond motifs is 2. The average molecular weight is 460 g/mol. The summed E-state index contributed by atoms with van der Waals surface area (Å²) in [5.74, 6) is 3.25. The average Bonchev–Trinajstić information content (AvgIpc) is 3.20. The molecule has 34 heavy (non-hydrogen) atoms. The minimum atomic E-state index is -0.159. The van der Waals surface area contributed by atoms with Gasteiger partial charge in [0.25, 0.3) is 0 Å². The van der Waals surface area contributed by atoms with Gasteiger partial charge in [-0.2, -0.15) is 0 Å². The Kier molecular flexibility index (Phi) is 5.95. The Morgan fingerprint density at radius 1 is 0.971 bits per heavy atom. The summed E-state index contributed by atoms with van der Waals surface area (Å²) in [5.41, 5.74) is 3.39. The number of benzene rings is 3. The number of anilines is 1. The molecule has 8 nitrogen and oxygen atoms in total. The largest absolute Gasteiger partial charge is 0.493 e. The summed E-state index contributed by atoms with van der Waals surface area (Å²) < 4.78 is 23.9. The Morgan fingerprint density at radius 2 is 1.76 bits per heavy atom. The second kappa shape index (κ2) is 9.35. The highest BCUT2D eigenvalue weighted by Crippen LogP contribution is 2.33. The lowest BCUT2D eigenvalue weighted by atomic mass is 10.1. The summed E-state index contributed by atoms with van der Waals surface area (Å²) in [4.78, 5) is 17.8. The van der Waals surface area contributed by atoms with E-state index in [1.165, 1.54) is 0 Å². The van der Waals surface area contributed by atoms with Crippen LogP contribution in [0.3, 0.4) is 0 Å². The Hall–Kier alpha value is -4.20. The maximum absolute atomic E-state index is 13.0. The van der Waals surface area contributed by atoms with E-state index in [4.69, 9.17) is 23.9 Å². The molecule has 5 rings (SSSR count). The number of hydrogen-bond acceptors (Lipinski definition) is 6. The number of nitrogens with zero attached hydrogens (tertiary/aromatic N) is 2. The predicted molar refractivity (Wildman–Crippen MR) is 128 cm³/mol. The van der Waals surface area contributed by atoms with Crippen LogP contribution in [0.5, 0.6) is 23.0 Å². The topological polar surface area (TPSA) is 83.8 Å². The van der Waals surface area contributed by atoms with Crippen molar-refractivity contribution in [2.45, 2.75) is 13.0 Å². The van der Waals surface area contributed by atoms with Crippen LogP contribution >= 0.6 is 0 Å². The summed E-state index contributed by atoms with van der Waals surface area (Å²) in [6.45, 7) is 1.14. The molecule has 0 atom stereocenters. The lowest BCUT2D eigenvalue weighted by molar-refractivity contribution is -0.116. The molecule has 0 saturated carbocycles. The molecule has 0 saturated heterocycles. The third kappa shape index (κ3) is 4.34. The third-order valence-electron chi connectivity index (χ3n) is 5.67. The maximum Gasteiger partial charge on any atom is 0.244 e. The third-order valence-corrected chi connectivity index (χ3v) is 5.67. The molecule has 4 aromatic rings. The van der Waals surface area contributed by atoms with Crippen molar-refractivity contribution in [3.05, 3.63) is 72.1 Å². The van der Waals surface area contributed by atoms with E-state index in [9.17, 15) is 4.79 Å². The predicted octanol–water partition coefficient (Wildman–Crippen LogP) is 4.05. The zero-order valence-electron chi connectivity index (χ0n) is 19.0. The number of hydrogen-bond donors (Lipinski definition) is 1. The van der Waals surface area contributed by atoms with Crippen LogP contribution in [0.4, 0.5) is 5.69 Å². The van der Waals surface area contributed by atoms with Crippen molar-refractivity contribution >= 4 is 22.6 Å². The molecule has 174 valence electrons. The molecule has 1 aliphatic rings. The normalized spacial score (nSPS) is 12.4. The van der Waals surface area contributed by atoms with Crippen LogP contribution in [0.25, 0.3) is 11.0 Å². The van der Waals surface area contributed by atoms with Crippen LogP contribution < -0.4 is 24.3 Å². The summed E-state index contributed by atoms with van der Waals surface area (Å²) in [5, 5.41) is 2.96. The van der Waals surface area contributed by atoms with Gasteiger partial charge in [0, 0.05) is 18.2 Å². The van der Waals surface area contributed by atoms with Crippen LogP contribution in [0.1, 0.15) is 11.4 Å². The van der Waals surface area contributed by atoms with Crippen LogP contribution in [-0.4, -0.2) is 42.9 Å². The van der Waals surface area contributed by atoms with E-state index in [1.807, 2.05) is 53.1 Å².